The van der Waals surface area contributed by atoms with E-state index in [1.807, 2.05) is 0 Å². The summed E-state index contributed by atoms with van der Waals surface area (Å²) in [6, 6.07) is 17.2. The number of halogens is 2. The minimum absolute atomic E-state index is 0.170. The standard InChI is InChI=1S/C16H14.2HI.Zr/c1-12-10-14-8-5-9-15(16(14)11-12)13-6-3-2-4-7-13;;;/h2-9,11H,10H2,1H3;2*1H;/q;;;+2/p-2. The van der Waals surface area contributed by atoms with Crippen molar-refractivity contribution in [3.05, 3.63) is 65.2 Å². The van der Waals surface area contributed by atoms with Gasteiger partial charge >= 0.3 is 50.9 Å². The van der Waals surface area contributed by atoms with E-state index in [9.17, 15) is 0 Å². The summed E-state index contributed by atoms with van der Waals surface area (Å²) < 4.78 is 0. The van der Waals surface area contributed by atoms with E-state index in [0.717, 1.165) is 6.42 Å². The van der Waals surface area contributed by atoms with Crippen molar-refractivity contribution in [2.45, 2.75) is 13.3 Å². The van der Waals surface area contributed by atoms with Crippen molar-refractivity contribution in [1.29, 1.82) is 0 Å². The summed E-state index contributed by atoms with van der Waals surface area (Å²) >= 11 is 5.06. The van der Waals surface area contributed by atoms with Gasteiger partial charge in [0.15, 0.2) is 0 Å². The molecule has 3 rings (SSSR count). The van der Waals surface area contributed by atoms with Crippen molar-refractivity contribution >= 4 is 42.2 Å². The molecule has 0 aliphatic heterocycles. The molecule has 0 fully saturated rings. The van der Waals surface area contributed by atoms with Crippen molar-refractivity contribution < 1.29 is 14.9 Å². The van der Waals surface area contributed by atoms with Gasteiger partial charge in [0.05, 0.1) is 0 Å². The topological polar surface area (TPSA) is 0 Å². The van der Waals surface area contributed by atoms with Crippen molar-refractivity contribution in [1.82, 2.24) is 0 Å². The van der Waals surface area contributed by atoms with Gasteiger partial charge in [-0.1, -0.05) is 60.2 Å². The number of hydrogen-bond acceptors (Lipinski definition) is 0. The van der Waals surface area contributed by atoms with E-state index in [-0.39, 0.29) is 14.9 Å². The Kier molecular flexibility index (Phi) is 6.77. The molecule has 1 aliphatic rings. The summed E-state index contributed by atoms with van der Waals surface area (Å²) in [4.78, 5) is 0. The number of fused-ring (bicyclic) bond motifs is 1. The molecular weight excluding hydrogens is 537 g/mol. The molecule has 0 radical (unpaired) electrons. The van der Waals surface area contributed by atoms with Gasteiger partial charge in [0.2, 0.25) is 0 Å². The molecule has 0 nitrogen and oxygen atoms in total. The molecule has 0 amide bonds. The Morgan fingerprint density at radius 3 is 2.32 bits per heavy atom. The Hall–Kier alpha value is 0.523. The van der Waals surface area contributed by atoms with E-state index >= 15 is 0 Å². The molecule has 0 bridgehead atoms. The molecule has 0 saturated carbocycles. The average molecular weight is 551 g/mol. The molecular formula is C16H14I2Zr. The molecule has 0 aromatic heterocycles. The average Bonchev–Trinajstić information content (AvgIpc) is 2.80. The second-order valence-electron chi connectivity index (χ2n) is 4.48. The molecule has 2 aromatic rings. The first-order chi connectivity index (χ1) is 9.26. The monoisotopic (exact) mass is 550 g/mol. The zero-order valence-corrected chi connectivity index (χ0v) is 17.4. The van der Waals surface area contributed by atoms with Gasteiger partial charge in [0, 0.05) is 0 Å². The molecule has 96 valence electrons. The Bertz CT molecular complexity index is 577. The van der Waals surface area contributed by atoms with E-state index in [1.54, 1.807) is 0 Å². The first-order valence-electron chi connectivity index (χ1n) is 6.07. The first kappa shape index (κ1) is 15.9. The van der Waals surface area contributed by atoms with Crippen LogP contribution < -0.4 is 0 Å². The third kappa shape index (κ3) is 4.24. The van der Waals surface area contributed by atoms with E-state index in [2.05, 4.69) is 97.6 Å². The second kappa shape index (κ2) is 8.09. The van der Waals surface area contributed by atoms with Crippen LogP contribution in [0.4, 0.5) is 0 Å². The van der Waals surface area contributed by atoms with Gasteiger partial charge in [-0.3, -0.25) is 0 Å². The maximum absolute atomic E-state index is 2.45. The number of hydrogen-bond donors (Lipinski definition) is 0. The van der Waals surface area contributed by atoms with Crippen molar-refractivity contribution in [2.75, 3.05) is 0 Å². The van der Waals surface area contributed by atoms with Gasteiger partial charge < -0.3 is 0 Å². The molecule has 0 unspecified atom stereocenters. The van der Waals surface area contributed by atoms with Gasteiger partial charge in [-0.05, 0) is 35.6 Å². The zero-order chi connectivity index (χ0) is 13.7. The van der Waals surface area contributed by atoms with Crippen LogP contribution in [0.15, 0.2) is 54.1 Å². The van der Waals surface area contributed by atoms with Crippen LogP contribution in [0.5, 0.6) is 0 Å². The van der Waals surface area contributed by atoms with Gasteiger partial charge in [-0.2, -0.15) is 0 Å². The first-order valence-corrected chi connectivity index (χ1v) is 20.7. The summed E-state index contributed by atoms with van der Waals surface area (Å²) in [6.45, 7) is 2.20. The summed E-state index contributed by atoms with van der Waals surface area (Å²) in [6.07, 6.45) is 3.42. The van der Waals surface area contributed by atoms with Gasteiger partial charge in [-0.25, -0.2) is 0 Å². The van der Waals surface area contributed by atoms with Crippen LogP contribution in [-0.4, -0.2) is 0 Å². The van der Waals surface area contributed by atoms with Gasteiger partial charge in [0.1, 0.15) is 0 Å². The zero-order valence-electron chi connectivity index (χ0n) is 10.7. The van der Waals surface area contributed by atoms with Crippen molar-refractivity contribution in [2.24, 2.45) is 0 Å². The molecule has 2 aromatic carbocycles. The second-order valence-corrected chi connectivity index (χ2v) is 23.4. The Morgan fingerprint density at radius 2 is 1.63 bits per heavy atom. The number of benzene rings is 2. The molecule has 0 heterocycles. The molecule has 0 N–H and O–H groups in total. The normalized spacial score (nSPS) is 12.1. The van der Waals surface area contributed by atoms with Crippen LogP contribution in [0.3, 0.4) is 0 Å². The predicted octanol–water partition coefficient (Wildman–Crippen LogP) is 6.08. The van der Waals surface area contributed by atoms with Crippen molar-refractivity contribution in [3.8, 4) is 11.1 Å². The fourth-order valence-corrected chi connectivity index (χ4v) is 2.40. The summed E-state index contributed by atoms with van der Waals surface area (Å²) in [5, 5.41) is 0. The molecule has 0 spiro atoms. The SMILES string of the molecule is CC1=Cc2c(cccc2-c2ccccc2)C1.[I][Zr][I]. The fourth-order valence-electron chi connectivity index (χ4n) is 2.40. The third-order valence-corrected chi connectivity index (χ3v) is 3.14. The van der Waals surface area contributed by atoms with Gasteiger partial charge in [-0.15, -0.1) is 0 Å². The quantitative estimate of drug-likeness (QED) is 0.377. The molecule has 3 heteroatoms. The summed E-state index contributed by atoms with van der Waals surface area (Å²) in [5.41, 5.74) is 6.99. The van der Waals surface area contributed by atoms with Crippen LogP contribution in [0.25, 0.3) is 17.2 Å². The van der Waals surface area contributed by atoms with Crippen LogP contribution >= 0.6 is 36.1 Å². The molecule has 1 aliphatic carbocycles. The number of rotatable bonds is 1. The fraction of sp³-hybridized carbons (Fsp3) is 0.125. The summed E-state index contributed by atoms with van der Waals surface area (Å²) in [7, 11) is 0. The van der Waals surface area contributed by atoms with E-state index in [0.29, 0.717) is 0 Å². The van der Waals surface area contributed by atoms with Crippen molar-refractivity contribution in [3.63, 3.8) is 0 Å². The summed E-state index contributed by atoms with van der Waals surface area (Å²) in [5.74, 6) is 0. The van der Waals surface area contributed by atoms with Crippen LogP contribution in [0.1, 0.15) is 18.1 Å². The minimum atomic E-state index is 0.170. The number of allylic oxidation sites excluding steroid dienone is 1. The predicted molar refractivity (Wildman–Crippen MR) is 97.3 cm³/mol. The Morgan fingerprint density at radius 1 is 0.947 bits per heavy atom. The maximum atomic E-state index is 2.45. The third-order valence-electron chi connectivity index (χ3n) is 3.14. The van der Waals surface area contributed by atoms with Crippen LogP contribution in [0, 0.1) is 0 Å². The van der Waals surface area contributed by atoms with Gasteiger partial charge in [0.25, 0.3) is 0 Å². The molecule has 0 saturated heterocycles. The van der Waals surface area contributed by atoms with E-state index < -0.39 is 0 Å². The van der Waals surface area contributed by atoms with Crippen LogP contribution in [-0.2, 0) is 21.3 Å². The van der Waals surface area contributed by atoms with E-state index in [1.165, 1.54) is 27.8 Å². The Balaban J connectivity index is 0.000000408. The van der Waals surface area contributed by atoms with Crippen LogP contribution in [0.2, 0.25) is 0 Å². The van der Waals surface area contributed by atoms with E-state index in [4.69, 9.17) is 0 Å². The molecule has 19 heavy (non-hydrogen) atoms. The Labute approximate surface area is 145 Å². The molecule has 0 atom stereocenters.